The Bertz CT molecular complexity index is 805. The maximum Gasteiger partial charge on any atom is 0.303 e. The molecule has 0 unspecified atom stereocenters. The van der Waals surface area contributed by atoms with E-state index in [2.05, 4.69) is 18.3 Å². The lowest BCUT2D eigenvalue weighted by Crippen LogP contribution is -2.50. The molecular formula is C27H44N2O6. The number of nitrogens with one attached hydrogen (secondary N) is 1. The van der Waals surface area contributed by atoms with Crippen molar-refractivity contribution in [3.63, 3.8) is 0 Å². The zero-order valence-electron chi connectivity index (χ0n) is 22.0. The minimum absolute atomic E-state index is 0.0642. The van der Waals surface area contributed by atoms with Crippen molar-refractivity contribution >= 4 is 11.9 Å². The molecule has 0 radical (unpaired) electrons. The zero-order chi connectivity index (χ0) is 26.2. The van der Waals surface area contributed by atoms with Gasteiger partial charge in [-0.3, -0.25) is 9.59 Å². The summed E-state index contributed by atoms with van der Waals surface area (Å²) >= 11 is 0. The summed E-state index contributed by atoms with van der Waals surface area (Å²) in [5.74, 6) is -0.334. The molecule has 0 aliphatic carbocycles. The molecule has 2 aliphatic rings. The third-order valence-corrected chi connectivity index (χ3v) is 6.60. The zero-order valence-corrected chi connectivity index (χ0v) is 22.0. The summed E-state index contributed by atoms with van der Waals surface area (Å²) in [6.45, 7) is 11.4. The molecule has 8 atom stereocenters. The number of hydrogen-bond acceptors (Lipinski definition) is 7. The molecule has 0 aromatic heterocycles. The van der Waals surface area contributed by atoms with E-state index in [0.29, 0.717) is 19.4 Å². The lowest BCUT2D eigenvalue weighted by molar-refractivity contribution is -0.143. The van der Waals surface area contributed by atoms with Crippen molar-refractivity contribution in [3.8, 4) is 0 Å². The van der Waals surface area contributed by atoms with E-state index in [9.17, 15) is 14.7 Å². The summed E-state index contributed by atoms with van der Waals surface area (Å²) in [5, 5.41) is 13.5. The van der Waals surface area contributed by atoms with Gasteiger partial charge in [-0.25, -0.2) is 0 Å². The van der Waals surface area contributed by atoms with Crippen molar-refractivity contribution in [2.24, 2.45) is 11.7 Å². The number of carbonyl (C=O) groups is 2. The van der Waals surface area contributed by atoms with Crippen LogP contribution in [0.2, 0.25) is 0 Å². The van der Waals surface area contributed by atoms with E-state index in [1.165, 1.54) is 13.0 Å². The Morgan fingerprint density at radius 2 is 1.94 bits per heavy atom. The fourth-order valence-electron chi connectivity index (χ4n) is 4.70. The van der Waals surface area contributed by atoms with Crippen LogP contribution in [-0.2, 0) is 23.8 Å². The highest BCUT2D eigenvalue weighted by atomic mass is 16.5. The third-order valence-electron chi connectivity index (χ3n) is 6.60. The van der Waals surface area contributed by atoms with E-state index in [-0.39, 0.29) is 48.3 Å². The van der Waals surface area contributed by atoms with Crippen molar-refractivity contribution < 1.29 is 28.9 Å². The number of esters is 1. The molecule has 2 saturated heterocycles. The fraction of sp³-hybridized carbons (Fsp3) is 0.704. The number of carbonyl (C=O) groups excluding carboxylic acids is 2. The molecule has 0 bridgehead atoms. The lowest BCUT2D eigenvalue weighted by atomic mass is 9.87. The average molecular weight is 493 g/mol. The molecule has 2 heterocycles. The summed E-state index contributed by atoms with van der Waals surface area (Å²) in [7, 11) is 0. The van der Waals surface area contributed by atoms with Crippen LogP contribution in [0.25, 0.3) is 0 Å². The van der Waals surface area contributed by atoms with Gasteiger partial charge in [0.2, 0.25) is 5.91 Å². The van der Waals surface area contributed by atoms with Gasteiger partial charge in [-0.1, -0.05) is 30.7 Å². The highest BCUT2D eigenvalue weighted by molar-refractivity contribution is 5.87. The van der Waals surface area contributed by atoms with Crippen LogP contribution in [0.3, 0.4) is 0 Å². The predicted octanol–water partition coefficient (Wildman–Crippen LogP) is 2.94. The summed E-state index contributed by atoms with van der Waals surface area (Å²) in [4.78, 5) is 23.3. The second kappa shape index (κ2) is 13.3. The molecule has 0 aromatic rings. The van der Waals surface area contributed by atoms with Crippen LogP contribution >= 0.6 is 0 Å². The van der Waals surface area contributed by atoms with Crippen LogP contribution in [0.15, 0.2) is 36.0 Å². The van der Waals surface area contributed by atoms with Crippen LogP contribution in [0, 0.1) is 5.92 Å². The van der Waals surface area contributed by atoms with Gasteiger partial charge >= 0.3 is 5.97 Å². The smallest absolute Gasteiger partial charge is 0.303 e. The van der Waals surface area contributed by atoms with Gasteiger partial charge in [0, 0.05) is 32.4 Å². The normalized spacial score (nSPS) is 35.3. The first kappa shape index (κ1) is 29.2. The average Bonchev–Trinajstić information content (AvgIpc) is 2.76. The number of rotatable bonds is 9. The van der Waals surface area contributed by atoms with Gasteiger partial charge < -0.3 is 30.4 Å². The quantitative estimate of drug-likeness (QED) is 0.257. The van der Waals surface area contributed by atoms with Crippen molar-refractivity contribution in [1.82, 2.24) is 5.32 Å². The molecule has 1 amide bonds. The minimum atomic E-state index is -0.765. The Morgan fingerprint density at radius 1 is 1.23 bits per heavy atom. The predicted molar refractivity (Wildman–Crippen MR) is 136 cm³/mol. The fourth-order valence-corrected chi connectivity index (χ4v) is 4.70. The van der Waals surface area contributed by atoms with Crippen LogP contribution < -0.4 is 11.1 Å². The van der Waals surface area contributed by atoms with E-state index in [4.69, 9.17) is 19.9 Å². The lowest BCUT2D eigenvalue weighted by Gasteiger charge is -2.39. The summed E-state index contributed by atoms with van der Waals surface area (Å²) in [5.41, 5.74) is 6.09. The highest BCUT2D eigenvalue weighted by Crippen LogP contribution is 2.30. The van der Waals surface area contributed by atoms with Crippen LogP contribution in [0.1, 0.15) is 67.2 Å². The molecular weight excluding hydrogens is 448 g/mol. The first-order valence-corrected chi connectivity index (χ1v) is 12.6. The van der Waals surface area contributed by atoms with Gasteiger partial charge in [0.25, 0.3) is 0 Å². The van der Waals surface area contributed by atoms with Gasteiger partial charge in [0.1, 0.15) is 6.10 Å². The van der Waals surface area contributed by atoms with Crippen molar-refractivity contribution in [2.45, 2.75) is 109 Å². The highest BCUT2D eigenvalue weighted by Gasteiger charge is 2.35. The molecule has 35 heavy (non-hydrogen) atoms. The van der Waals surface area contributed by atoms with Crippen LogP contribution in [-0.4, -0.2) is 65.7 Å². The topological polar surface area (TPSA) is 120 Å². The van der Waals surface area contributed by atoms with E-state index in [1.807, 2.05) is 32.9 Å². The second-order valence-corrected chi connectivity index (χ2v) is 10.4. The van der Waals surface area contributed by atoms with Gasteiger partial charge in [0.15, 0.2) is 0 Å². The molecule has 8 nitrogen and oxygen atoms in total. The molecule has 2 aliphatic heterocycles. The molecule has 0 aromatic carbocycles. The molecule has 2 rings (SSSR count). The Labute approximate surface area is 209 Å². The number of ether oxygens (including phenoxy) is 3. The standard InChI is InChI=1S/C27H44N2O6/c1-17(7-10-22-14-27(6,32)15-23(16-28)35-22)8-11-25-18(2)13-24(20(4)34-25)29-26(31)12-9-19(3)33-21(5)30/h7-10,12,18-20,22-25,32H,11,13-16,28H2,1-6H3,(H,29,31)/b10-7+,12-9-,17-8+/t18-,19-,20+,22+,23-,24+,25-,27+/m0/s1. The van der Waals surface area contributed by atoms with Crippen molar-refractivity contribution in [1.29, 1.82) is 0 Å². The van der Waals surface area contributed by atoms with Gasteiger partial charge in [-0.05, 0) is 52.5 Å². The maximum atomic E-state index is 12.3. The minimum Gasteiger partial charge on any atom is -0.459 e. The monoisotopic (exact) mass is 492 g/mol. The Hall–Kier alpha value is -2.00. The van der Waals surface area contributed by atoms with E-state index < -0.39 is 11.7 Å². The van der Waals surface area contributed by atoms with E-state index in [0.717, 1.165) is 18.4 Å². The van der Waals surface area contributed by atoms with Crippen molar-refractivity contribution in [3.05, 3.63) is 36.0 Å². The number of allylic oxidation sites excluding steroid dienone is 2. The van der Waals surface area contributed by atoms with Gasteiger partial charge in [0.05, 0.1) is 36.1 Å². The summed E-state index contributed by atoms with van der Waals surface area (Å²) in [6, 6.07) is -0.0841. The number of amides is 1. The number of aliphatic hydroxyl groups is 1. The Balaban J connectivity index is 1.84. The number of nitrogens with two attached hydrogens (primary N) is 1. The molecule has 0 spiro atoms. The van der Waals surface area contributed by atoms with Crippen LogP contribution in [0.5, 0.6) is 0 Å². The Morgan fingerprint density at radius 3 is 2.60 bits per heavy atom. The molecule has 8 heteroatoms. The number of hydrogen-bond donors (Lipinski definition) is 3. The Kier molecular flexibility index (Phi) is 11.1. The second-order valence-electron chi connectivity index (χ2n) is 10.4. The molecule has 198 valence electrons. The SMILES string of the molecule is CC(=O)O[C@@H](C)/C=C\C(=O)N[C@@H]1C[C@H](C)[C@H](C/C=C(C)/C=C/[C@@H]2C[C@@](C)(O)C[C@@H](CN)O2)O[C@@H]1C. The van der Waals surface area contributed by atoms with Gasteiger partial charge in [-0.2, -0.15) is 0 Å². The molecule has 0 saturated carbocycles. The summed E-state index contributed by atoms with van der Waals surface area (Å²) in [6.07, 6.45) is 11.1. The van der Waals surface area contributed by atoms with E-state index >= 15 is 0 Å². The maximum absolute atomic E-state index is 12.3. The first-order valence-electron chi connectivity index (χ1n) is 12.6. The van der Waals surface area contributed by atoms with Crippen LogP contribution in [0.4, 0.5) is 0 Å². The first-order chi connectivity index (χ1) is 16.4. The van der Waals surface area contributed by atoms with Gasteiger partial charge in [-0.15, -0.1) is 0 Å². The summed E-state index contributed by atoms with van der Waals surface area (Å²) < 4.78 is 17.2. The molecule has 2 fully saturated rings. The molecule has 4 N–H and O–H groups in total. The largest absolute Gasteiger partial charge is 0.459 e. The van der Waals surface area contributed by atoms with Crippen molar-refractivity contribution in [2.75, 3.05) is 6.54 Å². The van der Waals surface area contributed by atoms with E-state index in [1.54, 1.807) is 13.0 Å². The third kappa shape index (κ3) is 10.3.